The first-order valence-electron chi connectivity index (χ1n) is 9.54. The highest BCUT2D eigenvalue weighted by atomic mass is 16.5. The number of carbonyl (C=O) groups excluding carboxylic acids is 1. The highest BCUT2D eigenvalue weighted by Gasteiger charge is 2.28. The van der Waals surface area contributed by atoms with Crippen molar-refractivity contribution in [2.75, 3.05) is 13.2 Å². The molecule has 27 heavy (non-hydrogen) atoms. The molecule has 2 rings (SSSR count). The molecule has 3 atom stereocenters. The molecule has 3 N–H and O–H groups in total. The van der Waals surface area contributed by atoms with E-state index in [0.717, 1.165) is 5.56 Å². The van der Waals surface area contributed by atoms with E-state index in [1.807, 2.05) is 36.4 Å². The maximum atomic E-state index is 12.4. The van der Waals surface area contributed by atoms with Crippen LogP contribution < -0.4 is 5.32 Å². The molecule has 1 aromatic rings. The van der Waals surface area contributed by atoms with Gasteiger partial charge in [0.15, 0.2) is 0 Å². The predicted octanol–water partition coefficient (Wildman–Crippen LogP) is 3.30. The molecule has 1 amide bonds. The van der Waals surface area contributed by atoms with Crippen molar-refractivity contribution >= 4 is 5.91 Å². The van der Waals surface area contributed by atoms with Gasteiger partial charge < -0.3 is 20.3 Å². The Balaban J connectivity index is 1.90. The number of aliphatic hydroxyl groups is 2. The standard InChI is InChI=1S/C22H31NO4/c1-17(24)15-27-16-19(14-22(2)12-10-20(25)11-13-22)23-21(26)9-8-18-6-4-3-5-7-18/h3-7,10-12,17,19,24-25H,8-9,13-16H2,1-2H3,(H,23,26)/t17-,19-,22?/m0/s1. The monoisotopic (exact) mass is 373 g/mol. The number of carbonyl (C=O) groups is 1. The van der Waals surface area contributed by atoms with E-state index in [9.17, 15) is 15.0 Å². The van der Waals surface area contributed by atoms with Gasteiger partial charge in [0, 0.05) is 6.42 Å². The summed E-state index contributed by atoms with van der Waals surface area (Å²) in [6, 6.07) is 9.78. The van der Waals surface area contributed by atoms with E-state index in [-0.39, 0.29) is 29.7 Å². The van der Waals surface area contributed by atoms with Crippen LogP contribution in [0.2, 0.25) is 0 Å². The Morgan fingerprint density at radius 1 is 1.30 bits per heavy atom. The van der Waals surface area contributed by atoms with E-state index in [1.54, 1.807) is 19.1 Å². The summed E-state index contributed by atoms with van der Waals surface area (Å²) >= 11 is 0. The Morgan fingerprint density at radius 3 is 2.67 bits per heavy atom. The highest BCUT2D eigenvalue weighted by molar-refractivity contribution is 5.76. The number of allylic oxidation sites excluding steroid dienone is 3. The molecule has 5 nitrogen and oxygen atoms in total. The van der Waals surface area contributed by atoms with Gasteiger partial charge in [0.2, 0.25) is 5.91 Å². The molecule has 0 bridgehead atoms. The maximum absolute atomic E-state index is 12.4. The SMILES string of the molecule is C[C@H](O)COC[C@H](CC1(C)C=CC(O)=CC1)NC(=O)CCc1ccccc1. The fraction of sp³-hybridized carbons (Fsp3) is 0.500. The molecular weight excluding hydrogens is 342 g/mol. The van der Waals surface area contributed by atoms with Crippen molar-refractivity contribution < 1.29 is 19.7 Å². The van der Waals surface area contributed by atoms with Crippen molar-refractivity contribution in [1.29, 1.82) is 0 Å². The van der Waals surface area contributed by atoms with Crippen LogP contribution in [0.15, 0.2) is 54.3 Å². The van der Waals surface area contributed by atoms with E-state index in [2.05, 4.69) is 12.2 Å². The molecule has 1 aliphatic carbocycles. The zero-order chi connectivity index (χ0) is 19.7. The summed E-state index contributed by atoms with van der Waals surface area (Å²) in [6.45, 7) is 4.36. The number of benzene rings is 1. The van der Waals surface area contributed by atoms with Crippen LogP contribution in [-0.4, -0.2) is 41.5 Å². The van der Waals surface area contributed by atoms with Gasteiger partial charge in [0.05, 0.1) is 25.4 Å². The molecule has 1 unspecified atom stereocenters. The molecule has 0 saturated heterocycles. The fourth-order valence-electron chi connectivity index (χ4n) is 3.21. The van der Waals surface area contributed by atoms with Crippen LogP contribution in [0.25, 0.3) is 0 Å². The first-order chi connectivity index (χ1) is 12.9. The average Bonchev–Trinajstić information content (AvgIpc) is 2.63. The summed E-state index contributed by atoms with van der Waals surface area (Å²) in [5.41, 5.74) is 0.981. The highest BCUT2D eigenvalue weighted by Crippen LogP contribution is 2.33. The summed E-state index contributed by atoms with van der Waals surface area (Å²) in [4.78, 5) is 12.4. The van der Waals surface area contributed by atoms with Gasteiger partial charge in [-0.05, 0) is 49.3 Å². The maximum Gasteiger partial charge on any atom is 0.220 e. The summed E-state index contributed by atoms with van der Waals surface area (Å²) in [6.07, 6.45) is 7.47. The Bertz CT molecular complexity index is 654. The van der Waals surface area contributed by atoms with Crippen LogP contribution in [-0.2, 0) is 16.0 Å². The van der Waals surface area contributed by atoms with Crippen molar-refractivity contribution in [2.45, 2.75) is 51.7 Å². The molecular formula is C22H31NO4. The second kappa shape index (κ2) is 10.3. The number of amides is 1. The number of aryl methyl sites for hydroxylation is 1. The van der Waals surface area contributed by atoms with Gasteiger partial charge >= 0.3 is 0 Å². The zero-order valence-electron chi connectivity index (χ0n) is 16.2. The van der Waals surface area contributed by atoms with E-state index in [0.29, 0.717) is 32.3 Å². The molecule has 0 fully saturated rings. The Labute approximate surface area is 161 Å². The van der Waals surface area contributed by atoms with Crippen LogP contribution in [0.4, 0.5) is 0 Å². The minimum absolute atomic E-state index is 0.00808. The summed E-state index contributed by atoms with van der Waals surface area (Å²) < 4.78 is 5.57. The molecule has 148 valence electrons. The average molecular weight is 373 g/mol. The van der Waals surface area contributed by atoms with E-state index < -0.39 is 6.10 Å². The first kappa shape index (κ1) is 21.2. The van der Waals surface area contributed by atoms with Crippen LogP contribution >= 0.6 is 0 Å². The number of hydrogen-bond acceptors (Lipinski definition) is 4. The second-order valence-corrected chi connectivity index (χ2v) is 7.66. The fourth-order valence-corrected chi connectivity index (χ4v) is 3.21. The van der Waals surface area contributed by atoms with Gasteiger partial charge in [-0.25, -0.2) is 0 Å². The lowest BCUT2D eigenvalue weighted by Crippen LogP contribution is -2.42. The number of aliphatic hydroxyl groups excluding tert-OH is 2. The van der Waals surface area contributed by atoms with Crippen molar-refractivity contribution in [1.82, 2.24) is 5.32 Å². The molecule has 0 spiro atoms. The minimum Gasteiger partial charge on any atom is -0.508 e. The minimum atomic E-state index is -0.538. The van der Waals surface area contributed by atoms with E-state index >= 15 is 0 Å². The predicted molar refractivity (Wildman–Crippen MR) is 106 cm³/mol. The van der Waals surface area contributed by atoms with E-state index in [4.69, 9.17) is 4.74 Å². The topological polar surface area (TPSA) is 78.8 Å². The number of ether oxygens (including phenoxy) is 1. The summed E-state index contributed by atoms with van der Waals surface area (Å²) in [5.74, 6) is 0.271. The number of rotatable bonds is 10. The second-order valence-electron chi connectivity index (χ2n) is 7.66. The Morgan fingerprint density at radius 2 is 2.04 bits per heavy atom. The number of nitrogens with one attached hydrogen (secondary N) is 1. The third kappa shape index (κ3) is 7.97. The third-order valence-electron chi connectivity index (χ3n) is 4.67. The lowest BCUT2D eigenvalue weighted by Gasteiger charge is -2.32. The largest absolute Gasteiger partial charge is 0.508 e. The quantitative estimate of drug-likeness (QED) is 0.588. The Hall–Kier alpha value is -2.11. The normalized spacial score (nSPS) is 21.4. The Kier molecular flexibility index (Phi) is 8.07. The van der Waals surface area contributed by atoms with Gasteiger partial charge in [0.25, 0.3) is 0 Å². The van der Waals surface area contributed by atoms with Gasteiger partial charge in [-0.3, -0.25) is 4.79 Å². The van der Waals surface area contributed by atoms with Gasteiger partial charge in [-0.2, -0.15) is 0 Å². The lowest BCUT2D eigenvalue weighted by atomic mass is 9.78. The van der Waals surface area contributed by atoms with Crippen molar-refractivity contribution in [3.8, 4) is 0 Å². The summed E-state index contributed by atoms with van der Waals surface area (Å²) in [5, 5.41) is 22.0. The van der Waals surface area contributed by atoms with Gasteiger partial charge in [-0.15, -0.1) is 0 Å². The first-order valence-corrected chi connectivity index (χ1v) is 9.54. The van der Waals surface area contributed by atoms with Gasteiger partial charge in [-0.1, -0.05) is 43.3 Å². The smallest absolute Gasteiger partial charge is 0.220 e. The van der Waals surface area contributed by atoms with E-state index in [1.165, 1.54) is 0 Å². The number of hydrogen-bond donors (Lipinski definition) is 3. The van der Waals surface area contributed by atoms with Crippen LogP contribution in [0.5, 0.6) is 0 Å². The molecule has 1 aliphatic rings. The van der Waals surface area contributed by atoms with Crippen molar-refractivity contribution in [3.05, 3.63) is 59.9 Å². The molecule has 0 heterocycles. The molecule has 5 heteroatoms. The molecule has 0 aliphatic heterocycles. The molecule has 0 saturated carbocycles. The lowest BCUT2D eigenvalue weighted by molar-refractivity contribution is -0.122. The third-order valence-corrected chi connectivity index (χ3v) is 4.67. The molecule has 0 aromatic heterocycles. The molecule has 1 aromatic carbocycles. The van der Waals surface area contributed by atoms with Gasteiger partial charge in [0.1, 0.15) is 5.76 Å². The van der Waals surface area contributed by atoms with Crippen LogP contribution in [0, 0.1) is 5.41 Å². The van der Waals surface area contributed by atoms with Crippen LogP contribution in [0.1, 0.15) is 38.7 Å². The van der Waals surface area contributed by atoms with Crippen LogP contribution in [0.3, 0.4) is 0 Å². The summed E-state index contributed by atoms with van der Waals surface area (Å²) in [7, 11) is 0. The molecule has 0 radical (unpaired) electrons. The van der Waals surface area contributed by atoms with Crippen molar-refractivity contribution in [2.24, 2.45) is 5.41 Å². The zero-order valence-corrected chi connectivity index (χ0v) is 16.2. The van der Waals surface area contributed by atoms with Crippen molar-refractivity contribution in [3.63, 3.8) is 0 Å².